The number of halogens is 2. The lowest BCUT2D eigenvalue weighted by molar-refractivity contribution is 0.406. The SMILES string of the molecule is COc1cc(F)cc(C2(N=C=O)CC2)c1Br. The molecular formula is C11H9BrFNO2. The van der Waals surface area contributed by atoms with Gasteiger partial charge in [-0.3, -0.25) is 0 Å². The minimum absolute atomic E-state index is 0.401. The summed E-state index contributed by atoms with van der Waals surface area (Å²) in [6, 6.07) is 2.66. The van der Waals surface area contributed by atoms with Gasteiger partial charge in [0.1, 0.15) is 11.6 Å². The summed E-state index contributed by atoms with van der Waals surface area (Å²) in [6.45, 7) is 0. The van der Waals surface area contributed by atoms with E-state index < -0.39 is 11.4 Å². The van der Waals surface area contributed by atoms with Crippen LogP contribution in [0.2, 0.25) is 0 Å². The number of benzene rings is 1. The number of ether oxygens (including phenoxy) is 1. The van der Waals surface area contributed by atoms with Crippen molar-refractivity contribution in [2.24, 2.45) is 4.99 Å². The van der Waals surface area contributed by atoms with Crippen LogP contribution in [-0.2, 0) is 10.3 Å². The van der Waals surface area contributed by atoms with E-state index in [9.17, 15) is 9.18 Å². The zero-order valence-electron chi connectivity index (χ0n) is 8.59. The summed E-state index contributed by atoms with van der Waals surface area (Å²) in [6.07, 6.45) is 3.00. The van der Waals surface area contributed by atoms with Crippen LogP contribution in [0.5, 0.6) is 5.75 Å². The fourth-order valence-corrected chi connectivity index (χ4v) is 2.46. The Morgan fingerprint density at radius 2 is 2.25 bits per heavy atom. The zero-order valence-corrected chi connectivity index (χ0v) is 10.2. The number of carbonyl (C=O) groups excluding carboxylic acids is 1. The number of hydrogen-bond donors (Lipinski definition) is 0. The molecule has 0 unspecified atom stereocenters. The van der Waals surface area contributed by atoms with Crippen molar-refractivity contribution in [1.29, 1.82) is 0 Å². The van der Waals surface area contributed by atoms with Gasteiger partial charge < -0.3 is 4.74 Å². The van der Waals surface area contributed by atoms with E-state index >= 15 is 0 Å². The van der Waals surface area contributed by atoms with Crippen molar-refractivity contribution >= 4 is 22.0 Å². The van der Waals surface area contributed by atoms with Gasteiger partial charge in [0.05, 0.1) is 17.1 Å². The fourth-order valence-electron chi connectivity index (χ4n) is 1.70. The molecule has 0 atom stereocenters. The van der Waals surface area contributed by atoms with Gasteiger partial charge in [-0.1, -0.05) is 0 Å². The average molecular weight is 286 g/mol. The number of aliphatic imine (C=N–C) groups is 1. The highest BCUT2D eigenvalue weighted by Crippen LogP contribution is 2.53. The molecule has 0 radical (unpaired) electrons. The Balaban J connectivity index is 2.56. The predicted octanol–water partition coefficient (Wildman–Crippen LogP) is 2.92. The first-order valence-electron chi connectivity index (χ1n) is 4.75. The molecule has 1 aliphatic carbocycles. The molecule has 0 aliphatic heterocycles. The second kappa shape index (κ2) is 4.00. The van der Waals surface area contributed by atoms with Gasteiger partial charge >= 0.3 is 0 Å². The molecule has 84 valence electrons. The molecule has 5 heteroatoms. The summed E-state index contributed by atoms with van der Waals surface area (Å²) >= 11 is 3.34. The van der Waals surface area contributed by atoms with Gasteiger partial charge in [-0.25, -0.2) is 9.18 Å². The molecule has 0 spiro atoms. The Hall–Kier alpha value is -1.19. The molecule has 16 heavy (non-hydrogen) atoms. The summed E-state index contributed by atoms with van der Waals surface area (Å²) < 4.78 is 19.0. The van der Waals surface area contributed by atoms with Crippen molar-refractivity contribution in [3.05, 3.63) is 28.0 Å². The van der Waals surface area contributed by atoms with Gasteiger partial charge in [0.15, 0.2) is 0 Å². The van der Waals surface area contributed by atoms with Crippen LogP contribution in [0.25, 0.3) is 0 Å². The predicted molar refractivity (Wildman–Crippen MR) is 59.7 cm³/mol. The van der Waals surface area contributed by atoms with Gasteiger partial charge in [-0.2, -0.15) is 4.99 Å². The molecule has 0 heterocycles. The van der Waals surface area contributed by atoms with E-state index in [1.54, 1.807) is 6.08 Å². The molecule has 1 aromatic carbocycles. The van der Waals surface area contributed by atoms with Crippen molar-refractivity contribution in [2.75, 3.05) is 7.11 Å². The van der Waals surface area contributed by atoms with E-state index in [1.807, 2.05) is 0 Å². The van der Waals surface area contributed by atoms with E-state index in [0.29, 0.717) is 15.8 Å². The van der Waals surface area contributed by atoms with Crippen molar-refractivity contribution < 1.29 is 13.9 Å². The highest BCUT2D eigenvalue weighted by Gasteiger charge is 2.46. The number of methoxy groups -OCH3 is 1. The first kappa shape index (κ1) is 11.3. The van der Waals surface area contributed by atoms with Crippen LogP contribution in [0.1, 0.15) is 18.4 Å². The molecule has 0 saturated heterocycles. The Bertz CT molecular complexity index is 479. The molecule has 0 bridgehead atoms. The maximum Gasteiger partial charge on any atom is 0.235 e. The van der Waals surface area contributed by atoms with Gasteiger partial charge in [-0.15, -0.1) is 0 Å². The Morgan fingerprint density at radius 3 is 2.75 bits per heavy atom. The third kappa shape index (κ3) is 1.77. The van der Waals surface area contributed by atoms with Gasteiger partial charge in [-0.05, 0) is 34.8 Å². The lowest BCUT2D eigenvalue weighted by atomic mass is 10.1. The molecule has 1 aliphatic rings. The second-order valence-corrected chi connectivity index (χ2v) is 4.50. The van der Waals surface area contributed by atoms with E-state index in [2.05, 4.69) is 20.9 Å². The van der Waals surface area contributed by atoms with Crippen LogP contribution in [-0.4, -0.2) is 13.2 Å². The summed E-state index contributed by atoms with van der Waals surface area (Å²) in [4.78, 5) is 14.1. The van der Waals surface area contributed by atoms with E-state index in [4.69, 9.17) is 4.74 Å². The molecule has 1 fully saturated rings. The smallest absolute Gasteiger partial charge is 0.235 e. The molecule has 1 aromatic rings. The quantitative estimate of drug-likeness (QED) is 0.633. The third-order valence-electron chi connectivity index (χ3n) is 2.71. The number of rotatable bonds is 3. The summed E-state index contributed by atoms with van der Waals surface area (Å²) in [7, 11) is 1.46. The lowest BCUT2D eigenvalue weighted by Crippen LogP contribution is -2.05. The zero-order chi connectivity index (χ0) is 11.8. The van der Waals surface area contributed by atoms with Crippen molar-refractivity contribution in [2.45, 2.75) is 18.4 Å². The molecule has 0 amide bonds. The highest BCUT2D eigenvalue weighted by atomic mass is 79.9. The van der Waals surface area contributed by atoms with Crippen molar-refractivity contribution in [3.8, 4) is 5.75 Å². The molecular weight excluding hydrogens is 277 g/mol. The molecule has 0 aromatic heterocycles. The van der Waals surface area contributed by atoms with Crippen LogP contribution >= 0.6 is 15.9 Å². The summed E-state index contributed by atoms with van der Waals surface area (Å²) in [5.74, 6) is 0.00444. The van der Waals surface area contributed by atoms with Crippen LogP contribution in [0, 0.1) is 5.82 Å². The van der Waals surface area contributed by atoms with Crippen LogP contribution in [0.15, 0.2) is 21.6 Å². The van der Waals surface area contributed by atoms with Gasteiger partial charge in [0.25, 0.3) is 0 Å². The fraction of sp³-hybridized carbons (Fsp3) is 0.364. The van der Waals surface area contributed by atoms with Crippen LogP contribution in [0.3, 0.4) is 0 Å². The number of isocyanates is 1. The number of nitrogens with zero attached hydrogens (tertiary/aromatic N) is 1. The van der Waals surface area contributed by atoms with Crippen molar-refractivity contribution in [3.63, 3.8) is 0 Å². The molecule has 0 N–H and O–H groups in total. The van der Waals surface area contributed by atoms with E-state index in [-0.39, 0.29) is 0 Å². The van der Waals surface area contributed by atoms with Crippen LogP contribution < -0.4 is 4.74 Å². The number of hydrogen-bond acceptors (Lipinski definition) is 3. The minimum atomic E-state index is -0.601. The maximum atomic E-state index is 13.4. The van der Waals surface area contributed by atoms with Gasteiger partial charge in [0.2, 0.25) is 6.08 Å². The molecule has 1 saturated carbocycles. The lowest BCUT2D eigenvalue weighted by Gasteiger charge is -2.13. The van der Waals surface area contributed by atoms with Crippen LogP contribution in [0.4, 0.5) is 4.39 Å². The minimum Gasteiger partial charge on any atom is -0.495 e. The van der Waals surface area contributed by atoms with E-state index in [0.717, 1.165) is 12.8 Å². The summed E-state index contributed by atoms with van der Waals surface area (Å²) in [5, 5.41) is 0. The van der Waals surface area contributed by atoms with Gasteiger partial charge in [0, 0.05) is 11.6 Å². The first-order chi connectivity index (χ1) is 7.63. The first-order valence-corrected chi connectivity index (χ1v) is 5.55. The highest BCUT2D eigenvalue weighted by molar-refractivity contribution is 9.10. The normalized spacial score (nSPS) is 16.4. The molecule has 3 nitrogen and oxygen atoms in total. The topological polar surface area (TPSA) is 38.7 Å². The monoisotopic (exact) mass is 285 g/mol. The van der Waals surface area contributed by atoms with Crippen molar-refractivity contribution in [1.82, 2.24) is 0 Å². The Morgan fingerprint density at radius 1 is 1.56 bits per heavy atom. The maximum absolute atomic E-state index is 13.4. The Kier molecular flexibility index (Phi) is 2.82. The standard InChI is InChI=1S/C11H9BrFNO2/c1-16-9-5-7(13)4-8(10(9)12)11(2-3-11)14-6-15/h4-5H,2-3H2,1H3. The van der Waals surface area contributed by atoms with E-state index in [1.165, 1.54) is 19.2 Å². The second-order valence-electron chi connectivity index (χ2n) is 3.70. The molecule has 2 rings (SSSR count). The summed E-state index contributed by atoms with van der Waals surface area (Å²) in [5.41, 5.74) is 0.0448. The third-order valence-corrected chi connectivity index (χ3v) is 3.53. The largest absolute Gasteiger partial charge is 0.495 e. The Labute approximate surface area is 100 Å². The average Bonchev–Trinajstić information content (AvgIpc) is 3.02.